The first-order chi connectivity index (χ1) is 17.4. The number of aromatic amines is 1. The van der Waals surface area contributed by atoms with E-state index < -0.39 is 17.0 Å². The van der Waals surface area contributed by atoms with Gasteiger partial charge in [0.25, 0.3) is 5.69 Å². The normalized spacial score (nSPS) is 19.4. The van der Waals surface area contributed by atoms with Gasteiger partial charge in [-0.05, 0) is 41.8 Å². The number of non-ortho nitro benzene ring substituents is 1. The minimum Gasteiger partial charge on any atom is -0.356 e. The number of hydrogen-bond donors (Lipinski definition) is 1. The lowest BCUT2D eigenvalue weighted by Gasteiger charge is -2.47. The Balaban J connectivity index is 1.44. The molecule has 0 aliphatic carbocycles. The van der Waals surface area contributed by atoms with Gasteiger partial charge in [-0.1, -0.05) is 48.0 Å². The SMILES string of the molecule is Cc1ccc(CN2CC(=O)N3[C@@H](c4ccc([N+](=O)[O-])cc4)c4[nH]c5ccccc5c4C[C@@H]3C2=O)cc1. The van der Waals surface area contributed by atoms with Crippen LogP contribution in [0.4, 0.5) is 5.69 Å². The molecule has 8 heteroatoms. The number of piperazine rings is 1. The van der Waals surface area contributed by atoms with Crippen molar-refractivity contribution in [3.8, 4) is 0 Å². The Kier molecular flexibility index (Phi) is 5.10. The number of nitro groups is 1. The maximum atomic E-state index is 13.8. The molecule has 1 aromatic heterocycles. The summed E-state index contributed by atoms with van der Waals surface area (Å²) >= 11 is 0. The van der Waals surface area contributed by atoms with Crippen LogP contribution in [0.25, 0.3) is 10.9 Å². The topological polar surface area (TPSA) is 99.5 Å². The third-order valence-electron chi connectivity index (χ3n) is 7.26. The molecule has 1 saturated heterocycles. The molecular weight excluding hydrogens is 456 g/mol. The Morgan fingerprint density at radius 1 is 1.00 bits per heavy atom. The van der Waals surface area contributed by atoms with Gasteiger partial charge in [-0.2, -0.15) is 0 Å². The second kappa shape index (κ2) is 8.34. The van der Waals surface area contributed by atoms with Gasteiger partial charge in [-0.3, -0.25) is 19.7 Å². The Labute approximate surface area is 207 Å². The fourth-order valence-electron chi connectivity index (χ4n) is 5.50. The lowest BCUT2D eigenvalue weighted by atomic mass is 9.86. The van der Waals surface area contributed by atoms with E-state index in [-0.39, 0.29) is 24.0 Å². The fraction of sp³-hybridized carbons (Fsp3) is 0.214. The molecule has 1 N–H and O–H groups in total. The first kappa shape index (κ1) is 22.0. The van der Waals surface area contributed by atoms with Gasteiger partial charge in [0, 0.05) is 41.7 Å². The van der Waals surface area contributed by atoms with Crippen LogP contribution < -0.4 is 0 Å². The van der Waals surface area contributed by atoms with Crippen molar-refractivity contribution in [3.63, 3.8) is 0 Å². The molecule has 36 heavy (non-hydrogen) atoms. The monoisotopic (exact) mass is 480 g/mol. The van der Waals surface area contributed by atoms with Gasteiger partial charge in [0.15, 0.2) is 0 Å². The summed E-state index contributed by atoms with van der Waals surface area (Å²) in [5, 5.41) is 12.2. The molecular formula is C28H24N4O4. The van der Waals surface area contributed by atoms with E-state index in [1.165, 1.54) is 12.1 Å². The molecule has 1 fully saturated rings. The lowest BCUT2D eigenvalue weighted by Crippen LogP contribution is -2.62. The van der Waals surface area contributed by atoms with Crippen LogP contribution in [0, 0.1) is 17.0 Å². The van der Waals surface area contributed by atoms with Gasteiger partial charge in [0.2, 0.25) is 11.8 Å². The van der Waals surface area contributed by atoms with Crippen LogP contribution >= 0.6 is 0 Å². The summed E-state index contributed by atoms with van der Waals surface area (Å²) in [4.78, 5) is 45.0. The second-order valence-corrected chi connectivity index (χ2v) is 9.51. The molecule has 0 unspecified atom stereocenters. The number of amides is 2. The average molecular weight is 481 g/mol. The Morgan fingerprint density at radius 2 is 1.72 bits per heavy atom. The van der Waals surface area contributed by atoms with E-state index >= 15 is 0 Å². The average Bonchev–Trinajstić information content (AvgIpc) is 3.25. The number of nitro benzene ring substituents is 1. The van der Waals surface area contributed by atoms with Crippen molar-refractivity contribution in [2.45, 2.75) is 32.0 Å². The molecule has 180 valence electrons. The van der Waals surface area contributed by atoms with Crippen molar-refractivity contribution in [3.05, 3.63) is 111 Å². The molecule has 0 bridgehead atoms. The molecule has 6 rings (SSSR count). The number of hydrogen-bond acceptors (Lipinski definition) is 4. The number of benzene rings is 3. The van der Waals surface area contributed by atoms with Crippen LogP contribution in [-0.4, -0.2) is 44.1 Å². The van der Waals surface area contributed by atoms with Crippen LogP contribution in [0.15, 0.2) is 72.8 Å². The van der Waals surface area contributed by atoms with Crippen molar-refractivity contribution in [1.29, 1.82) is 0 Å². The third-order valence-corrected chi connectivity index (χ3v) is 7.26. The maximum Gasteiger partial charge on any atom is 0.269 e. The molecule has 0 saturated carbocycles. The molecule has 4 aromatic rings. The van der Waals surface area contributed by atoms with Gasteiger partial charge in [0.05, 0.1) is 11.0 Å². The minimum absolute atomic E-state index is 0.0117. The minimum atomic E-state index is -0.649. The zero-order valence-corrected chi connectivity index (χ0v) is 19.7. The highest BCUT2D eigenvalue weighted by molar-refractivity contribution is 5.97. The Morgan fingerprint density at radius 3 is 2.44 bits per heavy atom. The van der Waals surface area contributed by atoms with Crippen molar-refractivity contribution >= 4 is 28.4 Å². The molecule has 2 aliphatic rings. The second-order valence-electron chi connectivity index (χ2n) is 9.51. The molecule has 3 heterocycles. The third kappa shape index (κ3) is 3.53. The fourth-order valence-corrected chi connectivity index (χ4v) is 5.50. The summed E-state index contributed by atoms with van der Waals surface area (Å²) in [5.74, 6) is -0.225. The quantitative estimate of drug-likeness (QED) is 0.348. The van der Waals surface area contributed by atoms with E-state index in [1.54, 1.807) is 21.9 Å². The number of para-hydroxylation sites is 1. The molecule has 3 aromatic carbocycles. The predicted molar refractivity (Wildman–Crippen MR) is 134 cm³/mol. The van der Waals surface area contributed by atoms with Crippen LogP contribution in [0.3, 0.4) is 0 Å². The van der Waals surface area contributed by atoms with Crippen molar-refractivity contribution in [1.82, 2.24) is 14.8 Å². The molecule has 0 spiro atoms. The van der Waals surface area contributed by atoms with Crippen LogP contribution in [-0.2, 0) is 22.6 Å². The Bertz CT molecular complexity index is 1510. The highest BCUT2D eigenvalue weighted by atomic mass is 16.6. The zero-order chi connectivity index (χ0) is 25.0. The van der Waals surface area contributed by atoms with Crippen molar-refractivity contribution < 1.29 is 14.5 Å². The highest BCUT2D eigenvalue weighted by Gasteiger charge is 2.48. The maximum absolute atomic E-state index is 13.8. The van der Waals surface area contributed by atoms with E-state index in [9.17, 15) is 19.7 Å². The smallest absolute Gasteiger partial charge is 0.269 e. The summed E-state index contributed by atoms with van der Waals surface area (Å²) in [5.41, 5.74) is 5.62. The summed E-state index contributed by atoms with van der Waals surface area (Å²) in [6.07, 6.45) is 0.414. The molecule has 8 nitrogen and oxygen atoms in total. The first-order valence-corrected chi connectivity index (χ1v) is 11.9. The van der Waals surface area contributed by atoms with E-state index in [0.717, 1.165) is 38.9 Å². The summed E-state index contributed by atoms with van der Waals surface area (Å²) in [6, 6.07) is 20.9. The number of aryl methyl sites for hydroxylation is 1. The largest absolute Gasteiger partial charge is 0.356 e. The van der Waals surface area contributed by atoms with Gasteiger partial charge in [-0.25, -0.2) is 0 Å². The van der Waals surface area contributed by atoms with E-state index in [1.807, 2.05) is 55.5 Å². The van der Waals surface area contributed by atoms with Gasteiger partial charge >= 0.3 is 0 Å². The first-order valence-electron chi connectivity index (χ1n) is 11.9. The van der Waals surface area contributed by atoms with E-state index in [2.05, 4.69) is 4.98 Å². The zero-order valence-electron chi connectivity index (χ0n) is 19.7. The summed E-state index contributed by atoms with van der Waals surface area (Å²) in [7, 11) is 0. The predicted octanol–water partition coefficient (Wildman–Crippen LogP) is 4.27. The number of H-pyrrole nitrogens is 1. The van der Waals surface area contributed by atoms with Crippen LogP contribution in [0.5, 0.6) is 0 Å². The summed E-state index contributed by atoms with van der Waals surface area (Å²) < 4.78 is 0. The number of carbonyl (C=O) groups excluding carboxylic acids is 2. The van der Waals surface area contributed by atoms with Crippen molar-refractivity contribution in [2.24, 2.45) is 0 Å². The number of carbonyl (C=O) groups is 2. The highest BCUT2D eigenvalue weighted by Crippen LogP contribution is 2.42. The van der Waals surface area contributed by atoms with Crippen molar-refractivity contribution in [2.75, 3.05) is 6.54 Å². The molecule has 2 amide bonds. The number of aromatic nitrogens is 1. The van der Waals surface area contributed by atoms with E-state index in [4.69, 9.17) is 0 Å². The number of nitrogens with one attached hydrogen (secondary N) is 1. The molecule has 2 atom stereocenters. The lowest BCUT2D eigenvalue weighted by molar-refractivity contribution is -0.384. The van der Waals surface area contributed by atoms with Gasteiger partial charge in [0.1, 0.15) is 12.6 Å². The molecule has 0 radical (unpaired) electrons. The standard InChI is InChI=1S/C28H24N4O4/c1-17-6-8-18(9-7-17)15-30-16-25(33)31-24(28(30)34)14-22-21-4-2-3-5-23(21)29-26(22)27(31)19-10-12-20(13-11-19)32(35)36/h2-13,24,27,29H,14-16H2,1H3/t24-,27+/m1/s1. The van der Waals surface area contributed by atoms with E-state index in [0.29, 0.717) is 13.0 Å². The molecule has 2 aliphatic heterocycles. The number of rotatable bonds is 4. The van der Waals surface area contributed by atoms with Gasteiger partial charge < -0.3 is 14.8 Å². The Hall–Kier alpha value is -4.46. The van der Waals surface area contributed by atoms with Gasteiger partial charge in [-0.15, -0.1) is 0 Å². The number of fused-ring (bicyclic) bond motifs is 4. The van der Waals surface area contributed by atoms with Crippen LogP contribution in [0.1, 0.15) is 34.0 Å². The van der Waals surface area contributed by atoms with Crippen LogP contribution in [0.2, 0.25) is 0 Å². The number of nitrogens with zero attached hydrogens (tertiary/aromatic N) is 3. The summed E-state index contributed by atoms with van der Waals surface area (Å²) in [6.45, 7) is 2.37.